The second kappa shape index (κ2) is 6.18. The number of nitrogens with one attached hydrogen (secondary N) is 2. The van der Waals surface area contributed by atoms with E-state index < -0.39 is 0 Å². The summed E-state index contributed by atoms with van der Waals surface area (Å²) in [5.41, 5.74) is 0. The van der Waals surface area contributed by atoms with Crippen LogP contribution in [0.3, 0.4) is 0 Å². The summed E-state index contributed by atoms with van der Waals surface area (Å²) in [6.07, 6.45) is 3.69. The average Bonchev–Trinajstić information content (AvgIpc) is 2.90. The van der Waals surface area contributed by atoms with Gasteiger partial charge in [-0.15, -0.1) is 0 Å². The van der Waals surface area contributed by atoms with E-state index in [2.05, 4.69) is 37.6 Å². The van der Waals surface area contributed by atoms with Gasteiger partial charge in [-0.2, -0.15) is 20.1 Å². The smallest absolute Gasteiger partial charge is 0.231 e. The zero-order chi connectivity index (χ0) is 14.5. The van der Waals surface area contributed by atoms with Crippen molar-refractivity contribution < 1.29 is 0 Å². The molecular weight excluding hydrogens is 256 g/mol. The Hall–Kier alpha value is -2.38. The van der Waals surface area contributed by atoms with Crippen LogP contribution in [0.25, 0.3) is 0 Å². The molecule has 0 aromatic carbocycles. The standard InChI is InChI=1S/C12H20N8/c1-9(8-20-7-5-6-14-20)15-11-16-10(13-2)17-12(18-11)19(3)4/h5-7,9H,8H2,1-4H3,(H2,13,15,16,17,18). The van der Waals surface area contributed by atoms with Gasteiger partial charge < -0.3 is 15.5 Å². The molecule has 0 saturated heterocycles. The molecule has 0 aliphatic carbocycles. The van der Waals surface area contributed by atoms with Crippen LogP contribution in [-0.4, -0.2) is 51.9 Å². The molecule has 2 aromatic rings. The Morgan fingerprint density at radius 3 is 2.60 bits per heavy atom. The molecule has 8 nitrogen and oxygen atoms in total. The van der Waals surface area contributed by atoms with Crippen LogP contribution in [0.5, 0.6) is 0 Å². The molecule has 2 rings (SSSR count). The average molecular weight is 276 g/mol. The van der Waals surface area contributed by atoms with E-state index in [0.717, 1.165) is 6.54 Å². The zero-order valence-corrected chi connectivity index (χ0v) is 12.2. The van der Waals surface area contributed by atoms with E-state index in [1.807, 2.05) is 35.9 Å². The Bertz CT molecular complexity index is 536. The lowest BCUT2D eigenvalue weighted by Gasteiger charge is -2.16. The molecule has 0 saturated carbocycles. The van der Waals surface area contributed by atoms with Gasteiger partial charge in [0.05, 0.1) is 6.54 Å². The Morgan fingerprint density at radius 2 is 2.00 bits per heavy atom. The van der Waals surface area contributed by atoms with Gasteiger partial charge in [0.15, 0.2) is 0 Å². The second-order valence-electron chi connectivity index (χ2n) is 4.70. The molecule has 2 aromatic heterocycles. The van der Waals surface area contributed by atoms with Gasteiger partial charge in [0.2, 0.25) is 17.8 Å². The third-order valence-corrected chi connectivity index (χ3v) is 2.64. The highest BCUT2D eigenvalue weighted by molar-refractivity contribution is 5.42. The summed E-state index contributed by atoms with van der Waals surface area (Å²) in [4.78, 5) is 14.8. The van der Waals surface area contributed by atoms with Crippen LogP contribution in [0, 0.1) is 0 Å². The van der Waals surface area contributed by atoms with Crippen LogP contribution in [0.15, 0.2) is 18.5 Å². The Balaban J connectivity index is 2.09. The number of hydrogen-bond acceptors (Lipinski definition) is 7. The van der Waals surface area contributed by atoms with Crippen LogP contribution < -0.4 is 15.5 Å². The topological polar surface area (TPSA) is 83.8 Å². The van der Waals surface area contributed by atoms with E-state index in [0.29, 0.717) is 17.8 Å². The molecule has 0 spiro atoms. The zero-order valence-electron chi connectivity index (χ0n) is 12.2. The van der Waals surface area contributed by atoms with Crippen molar-refractivity contribution >= 4 is 17.8 Å². The van der Waals surface area contributed by atoms with Crippen LogP contribution in [0.4, 0.5) is 17.8 Å². The van der Waals surface area contributed by atoms with E-state index in [1.165, 1.54) is 0 Å². The monoisotopic (exact) mass is 276 g/mol. The van der Waals surface area contributed by atoms with E-state index >= 15 is 0 Å². The van der Waals surface area contributed by atoms with Gasteiger partial charge in [-0.25, -0.2) is 0 Å². The lowest BCUT2D eigenvalue weighted by Crippen LogP contribution is -2.24. The summed E-state index contributed by atoms with van der Waals surface area (Å²) in [6, 6.07) is 2.05. The summed E-state index contributed by atoms with van der Waals surface area (Å²) in [5, 5.41) is 10.4. The van der Waals surface area contributed by atoms with Gasteiger partial charge >= 0.3 is 0 Å². The molecule has 8 heteroatoms. The number of nitrogens with zero attached hydrogens (tertiary/aromatic N) is 6. The molecule has 1 atom stereocenters. The largest absolute Gasteiger partial charge is 0.357 e. The predicted molar refractivity (Wildman–Crippen MR) is 79.0 cm³/mol. The van der Waals surface area contributed by atoms with Gasteiger partial charge in [0.25, 0.3) is 0 Å². The van der Waals surface area contributed by atoms with Crippen LogP contribution in [0.2, 0.25) is 0 Å². The molecule has 108 valence electrons. The first-order chi connectivity index (χ1) is 9.58. The predicted octanol–water partition coefficient (Wildman–Crippen LogP) is 0.676. The Morgan fingerprint density at radius 1 is 1.25 bits per heavy atom. The van der Waals surface area contributed by atoms with Crippen molar-refractivity contribution in [2.45, 2.75) is 19.5 Å². The molecule has 20 heavy (non-hydrogen) atoms. The van der Waals surface area contributed by atoms with Gasteiger partial charge in [-0.3, -0.25) is 4.68 Å². The van der Waals surface area contributed by atoms with Gasteiger partial charge in [-0.1, -0.05) is 0 Å². The van der Waals surface area contributed by atoms with Crippen LogP contribution >= 0.6 is 0 Å². The molecular formula is C12H20N8. The molecule has 0 aliphatic rings. The molecule has 0 radical (unpaired) electrons. The lowest BCUT2D eigenvalue weighted by atomic mass is 10.3. The molecule has 0 amide bonds. The minimum Gasteiger partial charge on any atom is -0.357 e. The van der Waals surface area contributed by atoms with Crippen molar-refractivity contribution in [2.75, 3.05) is 36.7 Å². The fraction of sp³-hybridized carbons (Fsp3) is 0.500. The summed E-state index contributed by atoms with van der Waals surface area (Å²) in [7, 11) is 5.57. The fourth-order valence-electron chi connectivity index (χ4n) is 1.70. The number of rotatable bonds is 6. The maximum absolute atomic E-state index is 4.37. The van der Waals surface area contributed by atoms with Crippen molar-refractivity contribution in [1.82, 2.24) is 24.7 Å². The third kappa shape index (κ3) is 3.56. The molecule has 2 heterocycles. The molecule has 0 fully saturated rings. The highest BCUT2D eigenvalue weighted by Crippen LogP contribution is 2.12. The number of aromatic nitrogens is 5. The maximum atomic E-state index is 4.37. The summed E-state index contributed by atoms with van der Waals surface area (Å²) >= 11 is 0. The van der Waals surface area contributed by atoms with Gasteiger partial charge in [-0.05, 0) is 13.0 Å². The van der Waals surface area contributed by atoms with Crippen LogP contribution in [-0.2, 0) is 6.54 Å². The van der Waals surface area contributed by atoms with E-state index in [-0.39, 0.29) is 6.04 Å². The summed E-state index contributed by atoms with van der Waals surface area (Å²) < 4.78 is 1.87. The summed E-state index contributed by atoms with van der Waals surface area (Å²) in [5.74, 6) is 1.70. The maximum Gasteiger partial charge on any atom is 0.231 e. The minimum atomic E-state index is 0.150. The first kappa shape index (κ1) is 14.0. The van der Waals surface area contributed by atoms with Crippen molar-refractivity contribution in [2.24, 2.45) is 0 Å². The van der Waals surface area contributed by atoms with Crippen LogP contribution in [0.1, 0.15) is 6.92 Å². The minimum absolute atomic E-state index is 0.150. The lowest BCUT2D eigenvalue weighted by molar-refractivity contribution is 0.558. The first-order valence-corrected chi connectivity index (χ1v) is 6.43. The normalized spacial score (nSPS) is 12.0. The Kier molecular flexibility index (Phi) is 4.34. The Labute approximate surface area is 118 Å². The highest BCUT2D eigenvalue weighted by atomic mass is 15.3. The van der Waals surface area contributed by atoms with E-state index in [1.54, 1.807) is 13.2 Å². The molecule has 0 bridgehead atoms. The molecule has 2 N–H and O–H groups in total. The van der Waals surface area contributed by atoms with Crippen molar-refractivity contribution in [3.8, 4) is 0 Å². The van der Waals surface area contributed by atoms with E-state index in [9.17, 15) is 0 Å². The second-order valence-corrected chi connectivity index (χ2v) is 4.70. The SMILES string of the molecule is CNc1nc(NC(C)Cn2cccn2)nc(N(C)C)n1. The first-order valence-electron chi connectivity index (χ1n) is 6.43. The number of hydrogen-bond donors (Lipinski definition) is 2. The van der Waals surface area contributed by atoms with Crippen molar-refractivity contribution in [3.63, 3.8) is 0 Å². The quantitative estimate of drug-likeness (QED) is 0.802. The van der Waals surface area contributed by atoms with Crippen molar-refractivity contribution in [3.05, 3.63) is 18.5 Å². The van der Waals surface area contributed by atoms with Gasteiger partial charge in [0.1, 0.15) is 0 Å². The van der Waals surface area contributed by atoms with E-state index in [4.69, 9.17) is 0 Å². The highest BCUT2D eigenvalue weighted by Gasteiger charge is 2.10. The van der Waals surface area contributed by atoms with Gasteiger partial charge in [0, 0.05) is 39.6 Å². The fourth-order valence-corrected chi connectivity index (χ4v) is 1.70. The molecule has 0 aliphatic heterocycles. The van der Waals surface area contributed by atoms with Crippen molar-refractivity contribution in [1.29, 1.82) is 0 Å². The number of anilines is 3. The molecule has 1 unspecified atom stereocenters. The summed E-state index contributed by atoms with van der Waals surface area (Å²) in [6.45, 7) is 2.80. The third-order valence-electron chi connectivity index (χ3n) is 2.64.